The van der Waals surface area contributed by atoms with Gasteiger partial charge in [0.2, 0.25) is 0 Å². The Morgan fingerprint density at radius 1 is 1.40 bits per heavy atom. The molecule has 0 bridgehead atoms. The van der Waals surface area contributed by atoms with Crippen LogP contribution < -0.4 is 0 Å². The number of ether oxygens (including phenoxy) is 1. The van der Waals surface area contributed by atoms with Crippen molar-refractivity contribution in [2.24, 2.45) is 0 Å². The van der Waals surface area contributed by atoms with E-state index in [0.717, 1.165) is 16.4 Å². The number of benzene rings is 1. The van der Waals surface area contributed by atoms with E-state index in [1.807, 2.05) is 31.2 Å². The molecule has 80 valence electrons. The predicted molar refractivity (Wildman–Crippen MR) is 67.3 cm³/mol. The molecule has 0 saturated carbocycles. The molecule has 2 rings (SSSR count). The van der Waals surface area contributed by atoms with Crippen molar-refractivity contribution >= 4 is 28.6 Å². The van der Waals surface area contributed by atoms with Gasteiger partial charge in [-0.2, -0.15) is 0 Å². The van der Waals surface area contributed by atoms with Crippen LogP contribution in [-0.2, 0) is 9.53 Å². The highest BCUT2D eigenvalue weighted by Gasteiger charge is 2.34. The summed E-state index contributed by atoms with van der Waals surface area (Å²) >= 11 is 2.26. The summed E-state index contributed by atoms with van der Waals surface area (Å²) in [6.45, 7) is 2.05. The second-order valence-electron chi connectivity index (χ2n) is 3.91. The molecular formula is C12H13IO2. The second-order valence-corrected chi connectivity index (χ2v) is 4.79. The third-order valence-corrected chi connectivity index (χ3v) is 3.70. The Morgan fingerprint density at radius 3 is 2.60 bits per heavy atom. The average molecular weight is 316 g/mol. The van der Waals surface area contributed by atoms with E-state index in [2.05, 4.69) is 22.6 Å². The number of esters is 1. The van der Waals surface area contributed by atoms with Gasteiger partial charge in [-0.1, -0.05) is 52.4 Å². The number of hydrogen-bond donors (Lipinski definition) is 0. The van der Waals surface area contributed by atoms with Gasteiger partial charge in [0.15, 0.2) is 0 Å². The summed E-state index contributed by atoms with van der Waals surface area (Å²) in [5.74, 6) is -0.120. The minimum absolute atomic E-state index is 0.0506. The topological polar surface area (TPSA) is 26.3 Å². The van der Waals surface area contributed by atoms with Gasteiger partial charge in [0.25, 0.3) is 0 Å². The van der Waals surface area contributed by atoms with Crippen LogP contribution in [0.5, 0.6) is 0 Å². The summed E-state index contributed by atoms with van der Waals surface area (Å²) in [4.78, 5) is 11.6. The fourth-order valence-electron chi connectivity index (χ4n) is 1.82. The van der Waals surface area contributed by atoms with E-state index in [1.165, 1.54) is 5.56 Å². The molecule has 0 unspecified atom stereocenters. The van der Waals surface area contributed by atoms with Crippen LogP contribution in [0.25, 0.3) is 0 Å². The molecule has 0 radical (unpaired) electrons. The fraction of sp³-hybridized carbons (Fsp3) is 0.417. The smallest absolute Gasteiger partial charge is 0.313 e. The highest BCUT2D eigenvalue weighted by molar-refractivity contribution is 14.1. The molecule has 1 aromatic rings. The number of carbonyl (C=O) groups is 1. The summed E-state index contributed by atoms with van der Waals surface area (Å²) in [7, 11) is 0. The van der Waals surface area contributed by atoms with Gasteiger partial charge in [0.1, 0.15) is 6.10 Å². The van der Waals surface area contributed by atoms with Crippen LogP contribution in [0.15, 0.2) is 24.3 Å². The molecule has 0 amide bonds. The van der Waals surface area contributed by atoms with Crippen molar-refractivity contribution in [2.45, 2.75) is 25.4 Å². The molecule has 1 aromatic carbocycles. The maximum absolute atomic E-state index is 11.6. The van der Waals surface area contributed by atoms with Crippen LogP contribution in [0.1, 0.15) is 23.5 Å². The lowest BCUT2D eigenvalue weighted by atomic mass is 9.95. The summed E-state index contributed by atoms with van der Waals surface area (Å²) in [5.41, 5.74) is 2.30. The zero-order valence-electron chi connectivity index (χ0n) is 8.57. The van der Waals surface area contributed by atoms with E-state index < -0.39 is 0 Å². The van der Waals surface area contributed by atoms with E-state index in [9.17, 15) is 4.79 Å². The standard InChI is InChI=1S/C12H13IO2/c1-8-2-4-9(5-3-8)11-6-10(7-13)15-12(11)14/h2-5,10-11H,6-7H2,1H3/t10-,11-/m0/s1. The summed E-state index contributed by atoms with van der Waals surface area (Å²) in [6, 6.07) is 8.13. The van der Waals surface area contributed by atoms with Crippen LogP contribution in [0.4, 0.5) is 0 Å². The second kappa shape index (κ2) is 4.51. The molecule has 15 heavy (non-hydrogen) atoms. The van der Waals surface area contributed by atoms with Crippen molar-refractivity contribution in [1.82, 2.24) is 0 Å². The van der Waals surface area contributed by atoms with Gasteiger partial charge in [0, 0.05) is 10.8 Å². The van der Waals surface area contributed by atoms with Gasteiger partial charge < -0.3 is 4.74 Å². The van der Waals surface area contributed by atoms with Crippen molar-refractivity contribution < 1.29 is 9.53 Å². The molecule has 3 heteroatoms. The fourth-order valence-corrected chi connectivity index (χ4v) is 2.36. The first kappa shape index (κ1) is 10.9. The first-order valence-electron chi connectivity index (χ1n) is 5.03. The quantitative estimate of drug-likeness (QED) is 0.476. The van der Waals surface area contributed by atoms with Gasteiger partial charge in [-0.25, -0.2) is 0 Å². The third-order valence-electron chi connectivity index (χ3n) is 2.72. The molecule has 2 atom stereocenters. The maximum atomic E-state index is 11.6. The Balaban J connectivity index is 2.18. The van der Waals surface area contributed by atoms with Crippen LogP contribution in [0.2, 0.25) is 0 Å². The molecule has 1 aliphatic rings. The molecule has 2 nitrogen and oxygen atoms in total. The van der Waals surface area contributed by atoms with Crippen LogP contribution >= 0.6 is 22.6 Å². The number of rotatable bonds is 2. The lowest BCUT2D eigenvalue weighted by Crippen LogP contribution is -2.07. The van der Waals surface area contributed by atoms with Gasteiger partial charge >= 0.3 is 5.97 Å². The van der Waals surface area contributed by atoms with E-state index in [0.29, 0.717) is 0 Å². The molecular weight excluding hydrogens is 303 g/mol. The van der Waals surface area contributed by atoms with Crippen LogP contribution in [0, 0.1) is 6.92 Å². The van der Waals surface area contributed by atoms with Gasteiger partial charge in [0.05, 0.1) is 5.92 Å². The molecule has 0 aromatic heterocycles. The molecule has 0 aliphatic carbocycles. The Labute approximate surface area is 103 Å². The van der Waals surface area contributed by atoms with E-state index in [1.54, 1.807) is 0 Å². The zero-order valence-corrected chi connectivity index (χ0v) is 10.7. The van der Waals surface area contributed by atoms with Gasteiger partial charge in [-0.05, 0) is 12.5 Å². The SMILES string of the molecule is Cc1ccc([C@@H]2C[C@@H](CI)OC2=O)cc1. The minimum Gasteiger partial charge on any atom is -0.461 e. The number of hydrogen-bond acceptors (Lipinski definition) is 2. The van der Waals surface area contributed by atoms with Gasteiger partial charge in [-0.15, -0.1) is 0 Å². The number of cyclic esters (lactones) is 1. The number of alkyl halides is 1. The molecule has 0 spiro atoms. The monoisotopic (exact) mass is 316 g/mol. The molecule has 1 fully saturated rings. The van der Waals surface area contributed by atoms with Crippen LogP contribution in [0.3, 0.4) is 0 Å². The molecule has 1 aliphatic heterocycles. The van der Waals surface area contributed by atoms with Gasteiger partial charge in [-0.3, -0.25) is 4.79 Å². The minimum atomic E-state index is -0.0690. The summed E-state index contributed by atoms with van der Waals surface area (Å²) < 4.78 is 6.14. The number of halogens is 1. The van der Waals surface area contributed by atoms with Crippen molar-refractivity contribution in [2.75, 3.05) is 4.43 Å². The first-order valence-corrected chi connectivity index (χ1v) is 6.56. The molecule has 1 heterocycles. The Bertz CT molecular complexity index is 358. The van der Waals surface area contributed by atoms with E-state index in [4.69, 9.17) is 4.74 Å². The van der Waals surface area contributed by atoms with E-state index >= 15 is 0 Å². The summed E-state index contributed by atoms with van der Waals surface area (Å²) in [6.07, 6.45) is 0.926. The lowest BCUT2D eigenvalue weighted by Gasteiger charge is -2.05. The Morgan fingerprint density at radius 2 is 2.07 bits per heavy atom. The number of carbonyl (C=O) groups excluding carboxylic acids is 1. The average Bonchev–Trinajstić information content (AvgIpc) is 2.61. The Kier molecular flexibility index (Phi) is 3.29. The van der Waals surface area contributed by atoms with Crippen LogP contribution in [-0.4, -0.2) is 16.5 Å². The van der Waals surface area contributed by atoms with Crippen molar-refractivity contribution in [1.29, 1.82) is 0 Å². The zero-order chi connectivity index (χ0) is 10.8. The molecule has 0 N–H and O–H groups in total. The number of aryl methyl sites for hydroxylation is 1. The first-order chi connectivity index (χ1) is 7.20. The maximum Gasteiger partial charge on any atom is 0.313 e. The normalized spacial score (nSPS) is 25.3. The van der Waals surface area contributed by atoms with Crippen molar-refractivity contribution in [3.05, 3.63) is 35.4 Å². The molecule has 1 saturated heterocycles. The van der Waals surface area contributed by atoms with Crippen molar-refractivity contribution in [3.63, 3.8) is 0 Å². The van der Waals surface area contributed by atoms with E-state index in [-0.39, 0.29) is 18.0 Å². The predicted octanol–water partition coefficient (Wildman–Crippen LogP) is 2.83. The van der Waals surface area contributed by atoms with Crippen molar-refractivity contribution in [3.8, 4) is 0 Å². The largest absolute Gasteiger partial charge is 0.461 e. The highest BCUT2D eigenvalue weighted by Crippen LogP contribution is 2.31. The lowest BCUT2D eigenvalue weighted by molar-refractivity contribution is -0.141. The third kappa shape index (κ3) is 2.33. The summed E-state index contributed by atoms with van der Waals surface area (Å²) in [5, 5.41) is 0. The Hall–Kier alpha value is -0.580. The highest BCUT2D eigenvalue weighted by atomic mass is 127.